The quantitative estimate of drug-likeness (QED) is 0.801. The topological polar surface area (TPSA) is 90.1 Å². The van der Waals surface area contributed by atoms with E-state index in [0.29, 0.717) is 31.9 Å². The number of carbonyl (C=O) groups excluding carboxylic acids is 2. The summed E-state index contributed by atoms with van der Waals surface area (Å²) >= 11 is 0. The highest BCUT2D eigenvalue weighted by Crippen LogP contribution is 2.27. The van der Waals surface area contributed by atoms with Gasteiger partial charge < -0.3 is 15.5 Å². The first-order chi connectivity index (χ1) is 11.6. The molecule has 1 aromatic heterocycles. The van der Waals surface area contributed by atoms with Crippen LogP contribution in [0.4, 0.5) is 10.6 Å². The van der Waals surface area contributed by atoms with Crippen LogP contribution in [0.2, 0.25) is 0 Å². The van der Waals surface area contributed by atoms with Crippen molar-refractivity contribution in [2.24, 2.45) is 0 Å². The molecule has 0 bridgehead atoms. The van der Waals surface area contributed by atoms with Gasteiger partial charge in [0, 0.05) is 12.1 Å². The van der Waals surface area contributed by atoms with Crippen molar-refractivity contribution >= 4 is 17.8 Å². The summed E-state index contributed by atoms with van der Waals surface area (Å²) in [6.07, 6.45) is 0.300. The number of fused-ring (bicyclic) bond motifs is 1. The van der Waals surface area contributed by atoms with E-state index in [1.54, 1.807) is 4.90 Å². The molecular weight excluding hydrogens is 306 g/mol. The second-order valence-electron chi connectivity index (χ2n) is 5.87. The van der Waals surface area contributed by atoms with E-state index in [2.05, 4.69) is 20.8 Å². The molecule has 0 unspecified atom stereocenters. The van der Waals surface area contributed by atoms with E-state index in [-0.39, 0.29) is 11.9 Å². The number of H-pyrrole nitrogens is 1. The number of anilines is 1. The molecule has 3 amide bonds. The molecule has 1 aliphatic rings. The van der Waals surface area contributed by atoms with Crippen LogP contribution in [0.5, 0.6) is 0 Å². The smallest absolute Gasteiger partial charge is 0.318 e. The Morgan fingerprint density at radius 3 is 2.83 bits per heavy atom. The average molecular weight is 327 g/mol. The number of aromatic nitrogens is 2. The van der Waals surface area contributed by atoms with E-state index in [0.717, 1.165) is 22.4 Å². The van der Waals surface area contributed by atoms with Crippen LogP contribution in [0.3, 0.4) is 0 Å². The highest BCUT2D eigenvalue weighted by molar-refractivity contribution is 5.92. The first-order valence-electron chi connectivity index (χ1n) is 8.01. The van der Waals surface area contributed by atoms with E-state index in [9.17, 15) is 9.59 Å². The van der Waals surface area contributed by atoms with Gasteiger partial charge in [-0.2, -0.15) is 5.10 Å². The van der Waals surface area contributed by atoms with Gasteiger partial charge in [-0.1, -0.05) is 24.3 Å². The zero-order valence-electron chi connectivity index (χ0n) is 13.8. The number of rotatable bonds is 4. The van der Waals surface area contributed by atoms with E-state index >= 15 is 0 Å². The van der Waals surface area contributed by atoms with E-state index in [1.165, 1.54) is 0 Å². The SMILES string of the molecule is CCNC(=O)N1Cc2[nH]nc(NC(=O)Cc3ccccc3C)c2C1. The minimum atomic E-state index is -0.116. The van der Waals surface area contributed by atoms with Crippen molar-refractivity contribution in [1.82, 2.24) is 20.4 Å². The van der Waals surface area contributed by atoms with Crippen LogP contribution < -0.4 is 10.6 Å². The molecule has 0 saturated heterocycles. The molecule has 24 heavy (non-hydrogen) atoms. The molecule has 3 rings (SSSR count). The summed E-state index contributed by atoms with van der Waals surface area (Å²) in [4.78, 5) is 25.9. The van der Waals surface area contributed by atoms with Crippen LogP contribution in [0.25, 0.3) is 0 Å². The number of hydrogen-bond donors (Lipinski definition) is 3. The normalized spacial score (nSPS) is 12.8. The maximum absolute atomic E-state index is 12.3. The van der Waals surface area contributed by atoms with Crippen molar-refractivity contribution in [2.45, 2.75) is 33.4 Å². The third kappa shape index (κ3) is 3.24. The van der Waals surface area contributed by atoms with E-state index in [1.807, 2.05) is 38.1 Å². The Labute approximate surface area is 140 Å². The minimum absolute atomic E-state index is 0.112. The fourth-order valence-electron chi connectivity index (χ4n) is 2.81. The Balaban J connectivity index is 1.65. The molecule has 0 atom stereocenters. The lowest BCUT2D eigenvalue weighted by Gasteiger charge is -2.15. The van der Waals surface area contributed by atoms with Crippen molar-refractivity contribution in [3.05, 3.63) is 46.6 Å². The molecular formula is C17H21N5O2. The van der Waals surface area contributed by atoms with Crippen molar-refractivity contribution in [1.29, 1.82) is 0 Å². The average Bonchev–Trinajstić information content (AvgIpc) is 3.12. The molecule has 1 aliphatic heterocycles. The zero-order chi connectivity index (χ0) is 17.1. The largest absolute Gasteiger partial charge is 0.338 e. The summed E-state index contributed by atoms with van der Waals surface area (Å²) in [5.41, 5.74) is 3.82. The Morgan fingerprint density at radius 2 is 2.08 bits per heavy atom. The summed E-state index contributed by atoms with van der Waals surface area (Å²) in [6, 6.07) is 7.69. The predicted molar refractivity (Wildman–Crippen MR) is 90.4 cm³/mol. The van der Waals surface area contributed by atoms with Crippen molar-refractivity contribution in [3.63, 3.8) is 0 Å². The van der Waals surface area contributed by atoms with Gasteiger partial charge in [0.25, 0.3) is 0 Å². The first kappa shape index (κ1) is 16.0. The zero-order valence-corrected chi connectivity index (χ0v) is 13.8. The molecule has 0 aliphatic carbocycles. The van der Waals surface area contributed by atoms with Gasteiger partial charge in [-0.25, -0.2) is 4.79 Å². The fourth-order valence-corrected chi connectivity index (χ4v) is 2.81. The molecule has 3 N–H and O–H groups in total. The highest BCUT2D eigenvalue weighted by Gasteiger charge is 2.28. The van der Waals surface area contributed by atoms with Crippen LogP contribution in [0.15, 0.2) is 24.3 Å². The first-order valence-corrected chi connectivity index (χ1v) is 8.01. The lowest BCUT2D eigenvalue weighted by molar-refractivity contribution is -0.115. The molecule has 0 fully saturated rings. The van der Waals surface area contributed by atoms with Crippen LogP contribution >= 0.6 is 0 Å². The number of hydrogen-bond acceptors (Lipinski definition) is 3. The van der Waals surface area contributed by atoms with Crippen molar-refractivity contribution in [3.8, 4) is 0 Å². The number of carbonyl (C=O) groups is 2. The molecule has 0 saturated carbocycles. The second-order valence-corrected chi connectivity index (χ2v) is 5.87. The van der Waals surface area contributed by atoms with Gasteiger partial charge in [-0.3, -0.25) is 9.89 Å². The lowest BCUT2D eigenvalue weighted by atomic mass is 10.1. The van der Waals surface area contributed by atoms with E-state index in [4.69, 9.17) is 0 Å². The van der Waals surface area contributed by atoms with Crippen molar-refractivity contribution < 1.29 is 9.59 Å². The van der Waals surface area contributed by atoms with Gasteiger partial charge in [-0.05, 0) is 25.0 Å². The van der Waals surface area contributed by atoms with Gasteiger partial charge in [-0.15, -0.1) is 0 Å². The third-order valence-electron chi connectivity index (χ3n) is 4.14. The standard InChI is InChI=1S/C17H21N5O2/c1-3-18-17(24)22-9-13-14(10-22)20-21-16(13)19-15(23)8-12-7-5-4-6-11(12)2/h4-7H,3,8-10H2,1-2H3,(H,18,24)(H2,19,20,21,23). The Hall–Kier alpha value is -2.83. The third-order valence-corrected chi connectivity index (χ3v) is 4.14. The number of benzene rings is 1. The summed E-state index contributed by atoms with van der Waals surface area (Å²) in [5.74, 6) is 0.394. The second kappa shape index (κ2) is 6.74. The predicted octanol–water partition coefficient (Wildman–Crippen LogP) is 1.94. The Kier molecular flexibility index (Phi) is 4.50. The molecule has 2 aromatic rings. The molecule has 126 valence electrons. The number of urea groups is 1. The van der Waals surface area contributed by atoms with E-state index < -0.39 is 0 Å². The molecule has 0 radical (unpaired) electrons. The molecule has 7 nitrogen and oxygen atoms in total. The van der Waals surface area contributed by atoms with Crippen molar-refractivity contribution in [2.75, 3.05) is 11.9 Å². The van der Waals surface area contributed by atoms with Gasteiger partial charge in [0.2, 0.25) is 5.91 Å². The monoisotopic (exact) mass is 327 g/mol. The minimum Gasteiger partial charge on any atom is -0.338 e. The summed E-state index contributed by atoms with van der Waals surface area (Å²) in [6.45, 7) is 5.37. The number of aromatic amines is 1. The number of amides is 3. The molecule has 1 aromatic carbocycles. The van der Waals surface area contributed by atoms with Crippen LogP contribution in [-0.2, 0) is 24.3 Å². The van der Waals surface area contributed by atoms with Gasteiger partial charge >= 0.3 is 6.03 Å². The van der Waals surface area contributed by atoms with Crippen LogP contribution in [-0.4, -0.2) is 33.6 Å². The highest BCUT2D eigenvalue weighted by atomic mass is 16.2. The number of aryl methyl sites for hydroxylation is 1. The molecule has 7 heteroatoms. The van der Waals surface area contributed by atoms with Gasteiger partial charge in [0.05, 0.1) is 25.2 Å². The number of nitrogens with zero attached hydrogens (tertiary/aromatic N) is 2. The summed E-state index contributed by atoms with van der Waals surface area (Å²) in [5, 5.41) is 12.7. The maximum atomic E-state index is 12.3. The van der Waals surface area contributed by atoms with Crippen LogP contribution in [0, 0.1) is 6.92 Å². The molecule has 0 spiro atoms. The van der Waals surface area contributed by atoms with Gasteiger partial charge in [0.1, 0.15) is 0 Å². The Morgan fingerprint density at radius 1 is 1.29 bits per heavy atom. The summed E-state index contributed by atoms with van der Waals surface area (Å²) in [7, 11) is 0. The summed E-state index contributed by atoms with van der Waals surface area (Å²) < 4.78 is 0. The fraction of sp³-hybridized carbons (Fsp3) is 0.353. The molecule has 2 heterocycles. The van der Waals surface area contributed by atoms with Gasteiger partial charge in [0.15, 0.2) is 5.82 Å². The van der Waals surface area contributed by atoms with Crippen LogP contribution in [0.1, 0.15) is 29.3 Å². The maximum Gasteiger partial charge on any atom is 0.318 e. The lowest BCUT2D eigenvalue weighted by Crippen LogP contribution is -2.36. The number of nitrogens with one attached hydrogen (secondary N) is 3. The Bertz CT molecular complexity index is 768.